The lowest BCUT2D eigenvalue weighted by atomic mass is 10.6. The maximum absolute atomic E-state index is 9.60. The minimum absolute atomic E-state index is 0.410. The zero-order valence-electron chi connectivity index (χ0n) is 5.27. The van der Waals surface area contributed by atoms with Gasteiger partial charge in [-0.3, -0.25) is 4.68 Å². The van der Waals surface area contributed by atoms with E-state index < -0.39 is 0 Å². The van der Waals surface area contributed by atoms with Crippen molar-refractivity contribution in [3.05, 3.63) is 12.4 Å². The van der Waals surface area contributed by atoms with E-state index in [1.54, 1.807) is 17.1 Å². The molecule has 0 aliphatic rings. The van der Waals surface area contributed by atoms with Gasteiger partial charge in [0.1, 0.15) is 0 Å². The van der Waals surface area contributed by atoms with E-state index in [-0.39, 0.29) is 0 Å². The molecule has 52 valence electrons. The number of nitrogens with zero attached hydrogens (tertiary/aromatic N) is 4. The minimum Gasteiger partial charge on any atom is -0.251 e. The molecular weight excluding hydrogens is 132 g/mol. The van der Waals surface area contributed by atoms with E-state index in [1.165, 1.54) is 6.08 Å². The van der Waals surface area contributed by atoms with Crippen molar-refractivity contribution < 1.29 is 4.79 Å². The highest BCUT2D eigenvalue weighted by molar-refractivity contribution is 5.32. The largest absolute Gasteiger partial charge is 0.251 e. The molecule has 1 aromatic rings. The third-order valence-corrected chi connectivity index (χ3v) is 0.977. The van der Waals surface area contributed by atoms with E-state index in [9.17, 15) is 4.79 Å². The summed E-state index contributed by atoms with van der Waals surface area (Å²) in [5.41, 5.74) is 0. The monoisotopic (exact) mass is 138 g/mol. The van der Waals surface area contributed by atoms with Crippen LogP contribution in [0.25, 0.3) is 0 Å². The van der Waals surface area contributed by atoms with Crippen molar-refractivity contribution in [2.45, 2.75) is 6.54 Å². The fraction of sp³-hybridized carbons (Fsp3) is 0.400. The molecule has 0 spiro atoms. The summed E-state index contributed by atoms with van der Waals surface area (Å²) in [5, 5.41) is 7.24. The standard InChI is InChI=1S/C5H6N4O/c10-5-6-1-3-9-4-2-7-8-9/h2,4H,1,3H2. The second kappa shape index (κ2) is 3.53. The average molecular weight is 138 g/mol. The van der Waals surface area contributed by atoms with Crippen molar-refractivity contribution in [2.75, 3.05) is 6.54 Å². The number of aliphatic imine (C=N–C) groups is 1. The highest BCUT2D eigenvalue weighted by Crippen LogP contribution is 1.79. The van der Waals surface area contributed by atoms with E-state index in [2.05, 4.69) is 15.3 Å². The van der Waals surface area contributed by atoms with Crippen molar-refractivity contribution in [3.63, 3.8) is 0 Å². The Bertz CT molecular complexity index is 224. The van der Waals surface area contributed by atoms with Crippen LogP contribution in [0.3, 0.4) is 0 Å². The van der Waals surface area contributed by atoms with E-state index in [4.69, 9.17) is 0 Å². The van der Waals surface area contributed by atoms with Crippen molar-refractivity contribution in [2.24, 2.45) is 4.99 Å². The van der Waals surface area contributed by atoms with Gasteiger partial charge in [-0.25, -0.2) is 9.79 Å². The lowest BCUT2D eigenvalue weighted by Gasteiger charge is -1.90. The third-order valence-electron chi connectivity index (χ3n) is 0.977. The van der Waals surface area contributed by atoms with Crippen molar-refractivity contribution in [1.29, 1.82) is 0 Å². The summed E-state index contributed by atoms with van der Waals surface area (Å²) in [4.78, 5) is 12.9. The molecule has 1 rings (SSSR count). The quantitative estimate of drug-likeness (QED) is 0.422. The lowest BCUT2D eigenvalue weighted by molar-refractivity contribution is 0.556. The van der Waals surface area contributed by atoms with Crippen LogP contribution in [0.4, 0.5) is 0 Å². The van der Waals surface area contributed by atoms with E-state index >= 15 is 0 Å². The molecule has 0 unspecified atom stereocenters. The summed E-state index contributed by atoms with van der Waals surface area (Å²) >= 11 is 0. The van der Waals surface area contributed by atoms with Crippen LogP contribution in [0.2, 0.25) is 0 Å². The molecule has 5 nitrogen and oxygen atoms in total. The summed E-state index contributed by atoms with van der Waals surface area (Å²) in [6, 6.07) is 0. The first-order valence-corrected chi connectivity index (χ1v) is 2.81. The predicted octanol–water partition coefficient (Wildman–Crippen LogP) is -0.386. The van der Waals surface area contributed by atoms with Gasteiger partial charge in [-0.05, 0) is 0 Å². The van der Waals surface area contributed by atoms with Crippen molar-refractivity contribution in [3.8, 4) is 0 Å². The van der Waals surface area contributed by atoms with E-state index in [0.29, 0.717) is 13.1 Å². The third kappa shape index (κ3) is 1.80. The van der Waals surface area contributed by atoms with Gasteiger partial charge in [-0.2, -0.15) is 0 Å². The summed E-state index contributed by atoms with van der Waals surface area (Å²) in [6.07, 6.45) is 4.73. The second-order valence-electron chi connectivity index (χ2n) is 1.64. The number of hydrogen-bond donors (Lipinski definition) is 0. The molecule has 10 heavy (non-hydrogen) atoms. The maximum Gasteiger partial charge on any atom is 0.235 e. The van der Waals surface area contributed by atoms with Gasteiger partial charge in [0.05, 0.1) is 19.3 Å². The second-order valence-corrected chi connectivity index (χ2v) is 1.64. The smallest absolute Gasteiger partial charge is 0.235 e. The first-order chi connectivity index (χ1) is 4.93. The van der Waals surface area contributed by atoms with Crippen LogP contribution < -0.4 is 0 Å². The van der Waals surface area contributed by atoms with Crippen LogP contribution in [0.1, 0.15) is 0 Å². The first-order valence-electron chi connectivity index (χ1n) is 2.81. The summed E-state index contributed by atoms with van der Waals surface area (Å²) in [7, 11) is 0. The first kappa shape index (κ1) is 6.64. The maximum atomic E-state index is 9.60. The molecule has 0 bridgehead atoms. The molecule has 1 aromatic heterocycles. The Morgan fingerprint density at radius 1 is 1.70 bits per heavy atom. The molecule has 0 fully saturated rings. The molecule has 0 saturated carbocycles. The van der Waals surface area contributed by atoms with Gasteiger partial charge in [0, 0.05) is 6.20 Å². The Balaban J connectivity index is 2.34. The summed E-state index contributed by atoms with van der Waals surface area (Å²) in [5.74, 6) is 0. The highest BCUT2D eigenvalue weighted by atomic mass is 16.1. The van der Waals surface area contributed by atoms with Gasteiger partial charge >= 0.3 is 0 Å². The van der Waals surface area contributed by atoms with Crippen LogP contribution >= 0.6 is 0 Å². The molecule has 0 saturated heterocycles. The van der Waals surface area contributed by atoms with Crippen LogP contribution in [0, 0.1) is 0 Å². The van der Waals surface area contributed by atoms with Gasteiger partial charge in [-0.1, -0.05) is 5.21 Å². The number of isocyanates is 1. The minimum atomic E-state index is 0.410. The molecule has 0 N–H and O–H groups in total. The number of aromatic nitrogens is 3. The molecular formula is C5H6N4O. The fourth-order valence-corrected chi connectivity index (χ4v) is 0.550. The van der Waals surface area contributed by atoms with E-state index in [0.717, 1.165) is 0 Å². The molecule has 0 aliphatic heterocycles. The molecule has 1 heterocycles. The van der Waals surface area contributed by atoms with Gasteiger partial charge in [0.25, 0.3) is 0 Å². The Morgan fingerprint density at radius 2 is 2.60 bits per heavy atom. The van der Waals surface area contributed by atoms with Gasteiger partial charge < -0.3 is 0 Å². The van der Waals surface area contributed by atoms with Gasteiger partial charge in [0.2, 0.25) is 6.08 Å². The number of carbonyl (C=O) groups excluding carboxylic acids is 1. The highest BCUT2D eigenvalue weighted by Gasteiger charge is 1.86. The number of hydrogen-bond acceptors (Lipinski definition) is 4. The Hall–Kier alpha value is -1.48. The Labute approximate surface area is 57.4 Å². The Kier molecular flexibility index (Phi) is 2.34. The van der Waals surface area contributed by atoms with Crippen LogP contribution in [-0.2, 0) is 11.3 Å². The zero-order chi connectivity index (χ0) is 7.23. The SMILES string of the molecule is O=C=NCCn1ccnn1. The Morgan fingerprint density at radius 3 is 3.20 bits per heavy atom. The van der Waals surface area contributed by atoms with E-state index in [1.807, 2.05) is 0 Å². The lowest BCUT2D eigenvalue weighted by Crippen LogP contribution is -2.01. The zero-order valence-corrected chi connectivity index (χ0v) is 5.27. The molecule has 0 aromatic carbocycles. The van der Waals surface area contributed by atoms with Crippen LogP contribution in [0.15, 0.2) is 17.4 Å². The molecule has 0 aliphatic carbocycles. The predicted molar refractivity (Wildman–Crippen MR) is 33.0 cm³/mol. The van der Waals surface area contributed by atoms with Crippen LogP contribution in [0.5, 0.6) is 0 Å². The fourth-order valence-electron chi connectivity index (χ4n) is 0.550. The molecule has 5 heteroatoms. The molecule has 0 amide bonds. The molecule has 0 atom stereocenters. The molecule has 0 radical (unpaired) electrons. The van der Waals surface area contributed by atoms with Crippen molar-refractivity contribution in [1.82, 2.24) is 15.0 Å². The normalized spacial score (nSPS) is 8.80. The summed E-state index contributed by atoms with van der Waals surface area (Å²) < 4.78 is 1.60. The summed E-state index contributed by atoms with van der Waals surface area (Å²) in [6.45, 7) is 0.988. The van der Waals surface area contributed by atoms with Gasteiger partial charge in [-0.15, -0.1) is 5.10 Å². The average Bonchev–Trinajstić information content (AvgIpc) is 2.41. The van der Waals surface area contributed by atoms with Crippen LogP contribution in [-0.4, -0.2) is 27.6 Å². The topological polar surface area (TPSA) is 60.1 Å². The van der Waals surface area contributed by atoms with Crippen molar-refractivity contribution >= 4 is 6.08 Å². The number of rotatable bonds is 3. The van der Waals surface area contributed by atoms with Gasteiger partial charge in [0.15, 0.2) is 0 Å².